The summed E-state index contributed by atoms with van der Waals surface area (Å²) in [4.78, 5) is 0.0281. The number of nitrogens with zero attached hydrogens (tertiary/aromatic N) is 2. The fraction of sp³-hybridized carbons (Fsp3) is 0.294. The van der Waals surface area contributed by atoms with Crippen molar-refractivity contribution in [1.82, 2.24) is 8.61 Å². The first kappa shape index (κ1) is 21.8. The highest BCUT2D eigenvalue weighted by Crippen LogP contribution is 2.33. The highest BCUT2D eigenvalue weighted by Gasteiger charge is 2.34. The molecule has 1 aliphatic heterocycles. The summed E-state index contributed by atoms with van der Waals surface area (Å²) in [6.45, 7) is 1.95. The number of sulfonamides is 2. The molecular weight excluding hydrogens is 467 g/mol. The summed E-state index contributed by atoms with van der Waals surface area (Å²) in [5.74, 6) is 0. The van der Waals surface area contributed by atoms with Gasteiger partial charge in [-0.3, -0.25) is 0 Å². The molecule has 0 aliphatic carbocycles. The number of benzene rings is 2. The van der Waals surface area contributed by atoms with Gasteiger partial charge in [-0.25, -0.2) is 16.8 Å². The first-order valence-corrected chi connectivity index (χ1v) is 12.3. The van der Waals surface area contributed by atoms with Gasteiger partial charge >= 0.3 is 0 Å². The lowest BCUT2D eigenvalue weighted by Crippen LogP contribution is -2.50. The molecule has 0 aromatic heterocycles. The van der Waals surface area contributed by atoms with E-state index in [9.17, 15) is 16.8 Å². The van der Waals surface area contributed by atoms with Crippen molar-refractivity contribution in [3.63, 3.8) is 0 Å². The fourth-order valence-electron chi connectivity index (χ4n) is 2.85. The summed E-state index contributed by atoms with van der Waals surface area (Å²) in [7, 11) is -7.62. The molecule has 1 heterocycles. The summed E-state index contributed by atoms with van der Waals surface area (Å²) >= 11 is 17.8. The van der Waals surface area contributed by atoms with Crippen LogP contribution in [-0.2, 0) is 20.0 Å². The molecule has 28 heavy (non-hydrogen) atoms. The molecule has 1 aliphatic rings. The molecule has 3 rings (SSSR count). The van der Waals surface area contributed by atoms with Crippen molar-refractivity contribution in [2.75, 3.05) is 26.2 Å². The summed E-state index contributed by atoms with van der Waals surface area (Å²) < 4.78 is 53.8. The molecule has 2 aromatic rings. The minimum Gasteiger partial charge on any atom is -0.207 e. The number of hydrogen-bond acceptors (Lipinski definition) is 4. The van der Waals surface area contributed by atoms with Gasteiger partial charge in [0.05, 0.1) is 20.0 Å². The van der Waals surface area contributed by atoms with Crippen LogP contribution in [-0.4, -0.2) is 51.6 Å². The number of aryl methyl sites for hydroxylation is 1. The predicted octanol–water partition coefficient (Wildman–Crippen LogP) is 3.65. The van der Waals surface area contributed by atoms with Gasteiger partial charge in [0.25, 0.3) is 0 Å². The molecule has 0 amide bonds. The van der Waals surface area contributed by atoms with Gasteiger partial charge in [-0.05, 0) is 31.2 Å². The van der Waals surface area contributed by atoms with Crippen LogP contribution in [0, 0.1) is 6.92 Å². The summed E-state index contributed by atoms with van der Waals surface area (Å²) in [5, 5.41) is 0.189. The predicted molar refractivity (Wildman–Crippen MR) is 110 cm³/mol. The first-order valence-electron chi connectivity index (χ1n) is 8.25. The number of hydrogen-bond donors (Lipinski definition) is 0. The molecule has 6 nitrogen and oxygen atoms in total. The lowest BCUT2D eigenvalue weighted by molar-refractivity contribution is 0.273. The fourth-order valence-corrected chi connectivity index (χ4v) is 6.67. The molecule has 2 aromatic carbocycles. The van der Waals surface area contributed by atoms with Gasteiger partial charge in [0.1, 0.15) is 4.90 Å². The Kier molecular flexibility index (Phi) is 6.32. The maximum atomic E-state index is 12.9. The highest BCUT2D eigenvalue weighted by molar-refractivity contribution is 7.89. The van der Waals surface area contributed by atoms with E-state index < -0.39 is 20.0 Å². The van der Waals surface area contributed by atoms with Crippen LogP contribution in [0.15, 0.2) is 46.2 Å². The van der Waals surface area contributed by atoms with Crippen molar-refractivity contribution in [3.8, 4) is 0 Å². The van der Waals surface area contributed by atoms with Crippen molar-refractivity contribution >= 4 is 54.8 Å². The van der Waals surface area contributed by atoms with Crippen LogP contribution < -0.4 is 0 Å². The summed E-state index contributed by atoms with van der Waals surface area (Å²) in [6, 6.07) is 9.01. The molecule has 0 atom stereocenters. The molecule has 0 unspecified atom stereocenters. The van der Waals surface area contributed by atoms with Crippen molar-refractivity contribution in [2.24, 2.45) is 0 Å². The Morgan fingerprint density at radius 2 is 1.18 bits per heavy atom. The van der Waals surface area contributed by atoms with Crippen LogP contribution in [0.4, 0.5) is 0 Å². The Balaban J connectivity index is 1.80. The van der Waals surface area contributed by atoms with E-state index >= 15 is 0 Å². The molecular formula is C17H17Cl3N2O4S2. The van der Waals surface area contributed by atoms with Crippen molar-refractivity contribution in [1.29, 1.82) is 0 Å². The number of piperazine rings is 1. The van der Waals surface area contributed by atoms with Gasteiger partial charge in [-0.2, -0.15) is 8.61 Å². The third-order valence-electron chi connectivity index (χ3n) is 4.45. The molecule has 0 radical (unpaired) electrons. The van der Waals surface area contributed by atoms with E-state index in [-0.39, 0.29) is 51.0 Å². The molecule has 0 bridgehead atoms. The highest BCUT2D eigenvalue weighted by atomic mass is 35.5. The monoisotopic (exact) mass is 482 g/mol. The second-order valence-electron chi connectivity index (χ2n) is 6.32. The van der Waals surface area contributed by atoms with Crippen LogP contribution in [0.5, 0.6) is 0 Å². The zero-order valence-corrected chi connectivity index (χ0v) is 18.7. The Hall–Kier alpha value is -0.870. The second-order valence-corrected chi connectivity index (χ2v) is 11.4. The van der Waals surface area contributed by atoms with E-state index in [2.05, 4.69) is 0 Å². The van der Waals surface area contributed by atoms with E-state index in [0.717, 1.165) is 5.56 Å². The third kappa shape index (κ3) is 4.18. The topological polar surface area (TPSA) is 74.8 Å². The lowest BCUT2D eigenvalue weighted by atomic mass is 10.2. The first-order chi connectivity index (χ1) is 13.0. The molecule has 0 spiro atoms. The molecule has 1 saturated heterocycles. The normalized spacial score (nSPS) is 17.0. The average molecular weight is 484 g/mol. The van der Waals surface area contributed by atoms with E-state index in [0.29, 0.717) is 0 Å². The van der Waals surface area contributed by atoms with Crippen LogP contribution in [0.3, 0.4) is 0 Å². The van der Waals surface area contributed by atoms with Crippen LogP contribution in [0.2, 0.25) is 15.1 Å². The van der Waals surface area contributed by atoms with Crippen LogP contribution in [0.25, 0.3) is 0 Å². The average Bonchev–Trinajstić information content (AvgIpc) is 2.65. The maximum Gasteiger partial charge on any atom is 0.244 e. The Morgan fingerprint density at radius 1 is 0.714 bits per heavy atom. The molecule has 0 saturated carbocycles. The van der Waals surface area contributed by atoms with Crippen molar-refractivity contribution in [2.45, 2.75) is 16.7 Å². The van der Waals surface area contributed by atoms with Gasteiger partial charge in [-0.1, -0.05) is 52.5 Å². The van der Waals surface area contributed by atoms with E-state index in [1.54, 1.807) is 24.3 Å². The zero-order valence-electron chi connectivity index (χ0n) is 14.8. The lowest BCUT2D eigenvalue weighted by Gasteiger charge is -2.33. The largest absolute Gasteiger partial charge is 0.244 e. The van der Waals surface area contributed by atoms with Gasteiger partial charge in [-0.15, -0.1) is 0 Å². The van der Waals surface area contributed by atoms with E-state index in [1.165, 1.54) is 20.7 Å². The van der Waals surface area contributed by atoms with Gasteiger partial charge in [0, 0.05) is 26.2 Å². The molecule has 11 heteroatoms. The quantitative estimate of drug-likeness (QED) is 0.622. The molecule has 0 N–H and O–H groups in total. The summed E-state index contributed by atoms with van der Waals surface area (Å²) in [6.07, 6.45) is 0. The van der Waals surface area contributed by atoms with E-state index in [4.69, 9.17) is 34.8 Å². The number of rotatable bonds is 4. The maximum absolute atomic E-state index is 12.9. The SMILES string of the molecule is Cc1ccc(S(=O)(=O)N2CCN(S(=O)(=O)c3cc(Cl)c(Cl)cc3Cl)CC2)cc1. The summed E-state index contributed by atoms with van der Waals surface area (Å²) in [5.41, 5.74) is 0.952. The standard InChI is InChI=1S/C17H17Cl3N2O4S2/c1-12-2-4-13(5-3-12)27(23,24)21-6-8-22(9-7-21)28(25,26)17-11-15(19)14(18)10-16(17)20/h2-5,10-11H,6-9H2,1H3. The smallest absolute Gasteiger partial charge is 0.207 e. The van der Waals surface area contributed by atoms with Gasteiger partial charge in [0.15, 0.2) is 0 Å². The zero-order chi connectivity index (χ0) is 20.7. The Labute approximate surface area is 179 Å². The minimum absolute atomic E-state index is 0.00397. The van der Waals surface area contributed by atoms with Crippen LogP contribution >= 0.6 is 34.8 Å². The Bertz CT molecular complexity index is 1100. The van der Waals surface area contributed by atoms with Crippen molar-refractivity contribution < 1.29 is 16.8 Å². The Morgan fingerprint density at radius 3 is 1.71 bits per heavy atom. The van der Waals surface area contributed by atoms with Gasteiger partial charge in [0.2, 0.25) is 20.0 Å². The second kappa shape index (κ2) is 8.10. The van der Waals surface area contributed by atoms with E-state index in [1.807, 2.05) is 6.92 Å². The minimum atomic E-state index is -3.93. The third-order valence-corrected chi connectivity index (χ3v) is 9.45. The molecule has 1 fully saturated rings. The number of halogens is 3. The molecule has 152 valence electrons. The van der Waals surface area contributed by atoms with Crippen LogP contribution in [0.1, 0.15) is 5.56 Å². The van der Waals surface area contributed by atoms with Crippen molar-refractivity contribution in [3.05, 3.63) is 57.0 Å². The van der Waals surface area contributed by atoms with Gasteiger partial charge < -0.3 is 0 Å².